The van der Waals surface area contributed by atoms with E-state index in [9.17, 15) is 4.79 Å². The zero-order valence-electron chi connectivity index (χ0n) is 16.9. The van der Waals surface area contributed by atoms with Crippen LogP contribution >= 0.6 is 11.6 Å². The van der Waals surface area contributed by atoms with Crippen molar-refractivity contribution in [1.82, 2.24) is 34.3 Å². The third-order valence-electron chi connectivity index (χ3n) is 6.06. The summed E-state index contributed by atoms with van der Waals surface area (Å²) in [5, 5.41) is 9.59. The molecule has 32 heavy (non-hydrogen) atoms. The number of aromatic nitrogens is 7. The highest BCUT2D eigenvalue weighted by molar-refractivity contribution is 6.32. The molecule has 0 atom stereocenters. The van der Waals surface area contributed by atoms with E-state index in [0.717, 1.165) is 35.4 Å². The zero-order chi connectivity index (χ0) is 21.7. The number of rotatable bonds is 4. The first kappa shape index (κ1) is 18.9. The lowest BCUT2D eigenvalue weighted by atomic mass is 9.79. The van der Waals surface area contributed by atoms with Gasteiger partial charge in [0.05, 0.1) is 21.7 Å². The second-order valence-corrected chi connectivity index (χ2v) is 8.31. The monoisotopic (exact) mass is 443 g/mol. The normalized spacial score (nSPS) is 18.0. The van der Waals surface area contributed by atoms with Crippen LogP contribution in [-0.4, -0.2) is 34.3 Å². The first-order valence-electron chi connectivity index (χ1n) is 10.4. The molecule has 2 aromatic carbocycles. The fourth-order valence-electron chi connectivity index (χ4n) is 4.47. The molecule has 0 spiro atoms. The highest BCUT2D eigenvalue weighted by Gasteiger charge is 2.37. The minimum Gasteiger partial charge on any atom is -0.306 e. The number of hydrogen-bond donors (Lipinski definition) is 1. The summed E-state index contributed by atoms with van der Waals surface area (Å²) in [7, 11) is 0. The second kappa shape index (κ2) is 7.42. The van der Waals surface area contributed by atoms with Crippen molar-refractivity contribution in [2.24, 2.45) is 0 Å². The topological polar surface area (TPSA) is 94.3 Å². The Kier molecular flexibility index (Phi) is 4.39. The van der Waals surface area contributed by atoms with Gasteiger partial charge in [-0.05, 0) is 43.2 Å². The predicted molar refractivity (Wildman–Crippen MR) is 121 cm³/mol. The number of nitrogens with one attached hydrogen (secondary N) is 1. The largest absolute Gasteiger partial charge is 0.326 e. The van der Waals surface area contributed by atoms with E-state index in [1.165, 1.54) is 6.33 Å². The molecule has 9 heteroatoms. The van der Waals surface area contributed by atoms with Crippen molar-refractivity contribution in [3.05, 3.63) is 88.5 Å². The number of imidazole rings is 1. The number of para-hydroxylation sites is 3. The van der Waals surface area contributed by atoms with Gasteiger partial charge in [0, 0.05) is 18.2 Å². The van der Waals surface area contributed by atoms with Gasteiger partial charge < -0.3 is 4.98 Å². The third kappa shape index (κ3) is 2.95. The van der Waals surface area contributed by atoms with Crippen molar-refractivity contribution in [3.63, 3.8) is 0 Å². The Hall–Kier alpha value is -3.78. The summed E-state index contributed by atoms with van der Waals surface area (Å²) in [6.07, 6.45) is 4.74. The highest BCUT2D eigenvalue weighted by atomic mass is 35.5. The fourth-order valence-corrected chi connectivity index (χ4v) is 4.69. The lowest BCUT2D eigenvalue weighted by Crippen LogP contribution is -2.32. The number of hydrogen-bond acceptors (Lipinski definition) is 5. The molecule has 0 radical (unpaired) electrons. The number of benzene rings is 2. The lowest BCUT2D eigenvalue weighted by molar-refractivity contribution is 0.254. The standard InChI is InChI=1S/C23H18ClN7O/c24-16-5-1-3-7-19(16)31-21(28-29-22(31)18-9-10-25-13-26-18)14-11-15(12-14)30-20-8-4-2-6-17(20)27-23(30)32/h1-10,13-15H,11-12H2,(H,27,32). The summed E-state index contributed by atoms with van der Waals surface area (Å²) in [6.45, 7) is 0. The summed E-state index contributed by atoms with van der Waals surface area (Å²) in [5.41, 5.74) is 3.17. The molecule has 0 bridgehead atoms. The van der Waals surface area contributed by atoms with Gasteiger partial charge in [-0.1, -0.05) is 35.9 Å². The lowest BCUT2D eigenvalue weighted by Gasteiger charge is -2.35. The van der Waals surface area contributed by atoms with Gasteiger partial charge >= 0.3 is 5.69 Å². The maximum Gasteiger partial charge on any atom is 0.326 e. The molecule has 3 aromatic heterocycles. The summed E-state index contributed by atoms with van der Waals surface area (Å²) < 4.78 is 3.83. The number of aromatic amines is 1. The van der Waals surface area contributed by atoms with Crippen LogP contribution < -0.4 is 5.69 Å². The number of fused-ring (bicyclic) bond motifs is 1. The molecule has 1 saturated carbocycles. The summed E-state index contributed by atoms with van der Waals surface area (Å²) in [6, 6.07) is 17.3. The molecule has 0 amide bonds. The van der Waals surface area contributed by atoms with Gasteiger partial charge in [0.1, 0.15) is 17.8 Å². The first-order chi connectivity index (χ1) is 15.7. The maximum atomic E-state index is 12.6. The molecular formula is C23H18ClN7O. The van der Waals surface area contributed by atoms with Gasteiger partial charge in [0.15, 0.2) is 5.82 Å². The van der Waals surface area contributed by atoms with E-state index in [1.54, 1.807) is 12.3 Å². The molecule has 0 aliphatic heterocycles. The maximum absolute atomic E-state index is 12.6. The van der Waals surface area contributed by atoms with E-state index in [4.69, 9.17) is 11.6 Å². The van der Waals surface area contributed by atoms with Crippen LogP contribution in [0.3, 0.4) is 0 Å². The summed E-state index contributed by atoms with van der Waals surface area (Å²) in [5.74, 6) is 1.57. The van der Waals surface area contributed by atoms with Gasteiger partial charge in [-0.15, -0.1) is 10.2 Å². The molecule has 5 aromatic rings. The van der Waals surface area contributed by atoms with Crippen LogP contribution in [0.4, 0.5) is 0 Å². The smallest absolute Gasteiger partial charge is 0.306 e. The highest BCUT2D eigenvalue weighted by Crippen LogP contribution is 2.45. The molecule has 3 heterocycles. The van der Waals surface area contributed by atoms with Crippen LogP contribution in [0.15, 0.2) is 71.9 Å². The predicted octanol–water partition coefficient (Wildman–Crippen LogP) is 4.14. The molecule has 8 nitrogen and oxygen atoms in total. The van der Waals surface area contributed by atoms with Crippen molar-refractivity contribution in [1.29, 1.82) is 0 Å². The molecule has 1 fully saturated rings. The molecule has 6 rings (SSSR count). The Labute approximate surface area is 187 Å². The number of H-pyrrole nitrogens is 1. The van der Waals surface area contributed by atoms with E-state index in [0.29, 0.717) is 16.5 Å². The van der Waals surface area contributed by atoms with E-state index in [1.807, 2.05) is 57.7 Å². The van der Waals surface area contributed by atoms with Gasteiger partial charge in [-0.25, -0.2) is 14.8 Å². The van der Waals surface area contributed by atoms with E-state index >= 15 is 0 Å². The molecule has 1 N–H and O–H groups in total. The van der Waals surface area contributed by atoms with Crippen molar-refractivity contribution in [2.45, 2.75) is 24.8 Å². The molecule has 1 aliphatic rings. The van der Waals surface area contributed by atoms with Crippen molar-refractivity contribution in [3.8, 4) is 17.2 Å². The van der Waals surface area contributed by atoms with Crippen molar-refractivity contribution >= 4 is 22.6 Å². The van der Waals surface area contributed by atoms with E-state index < -0.39 is 0 Å². The van der Waals surface area contributed by atoms with Crippen LogP contribution in [0.1, 0.15) is 30.6 Å². The zero-order valence-corrected chi connectivity index (χ0v) is 17.6. The number of halogens is 1. The van der Waals surface area contributed by atoms with Crippen LogP contribution in [0, 0.1) is 0 Å². The Bertz CT molecular complexity index is 1480. The Morgan fingerprint density at radius 1 is 1.00 bits per heavy atom. The molecule has 158 valence electrons. The SMILES string of the molecule is O=c1[nH]c2ccccc2n1C1CC(c2nnc(-c3ccncn3)n2-c2ccccc2Cl)C1. The second-order valence-electron chi connectivity index (χ2n) is 7.90. The van der Waals surface area contributed by atoms with E-state index in [-0.39, 0.29) is 17.6 Å². The Morgan fingerprint density at radius 3 is 2.62 bits per heavy atom. The van der Waals surface area contributed by atoms with Crippen LogP contribution in [-0.2, 0) is 0 Å². The van der Waals surface area contributed by atoms with Crippen LogP contribution in [0.2, 0.25) is 5.02 Å². The number of nitrogens with zero attached hydrogens (tertiary/aromatic N) is 6. The molecule has 0 saturated heterocycles. The van der Waals surface area contributed by atoms with Crippen LogP contribution in [0.25, 0.3) is 28.2 Å². The Balaban J connectivity index is 1.40. The quantitative estimate of drug-likeness (QED) is 0.450. The Morgan fingerprint density at radius 2 is 1.81 bits per heavy atom. The van der Waals surface area contributed by atoms with Crippen LogP contribution in [0.5, 0.6) is 0 Å². The van der Waals surface area contributed by atoms with Gasteiger partial charge in [0.2, 0.25) is 0 Å². The molecule has 0 unspecified atom stereocenters. The van der Waals surface area contributed by atoms with Crippen molar-refractivity contribution < 1.29 is 0 Å². The minimum absolute atomic E-state index is 0.0797. The summed E-state index contributed by atoms with van der Waals surface area (Å²) in [4.78, 5) is 23.9. The van der Waals surface area contributed by atoms with Gasteiger partial charge in [0.25, 0.3) is 0 Å². The molecule has 1 aliphatic carbocycles. The average Bonchev–Trinajstić information content (AvgIpc) is 3.35. The first-order valence-corrected chi connectivity index (χ1v) is 10.7. The van der Waals surface area contributed by atoms with Gasteiger partial charge in [-0.3, -0.25) is 9.13 Å². The van der Waals surface area contributed by atoms with E-state index in [2.05, 4.69) is 25.1 Å². The van der Waals surface area contributed by atoms with Gasteiger partial charge in [-0.2, -0.15) is 0 Å². The third-order valence-corrected chi connectivity index (χ3v) is 6.38. The average molecular weight is 444 g/mol. The molecular weight excluding hydrogens is 426 g/mol. The fraction of sp³-hybridized carbons (Fsp3) is 0.174. The summed E-state index contributed by atoms with van der Waals surface area (Å²) >= 11 is 6.55. The minimum atomic E-state index is -0.0797. The van der Waals surface area contributed by atoms with Crippen molar-refractivity contribution in [2.75, 3.05) is 0 Å².